The molecule has 0 bridgehead atoms. The van der Waals surface area contributed by atoms with Gasteiger partial charge in [-0.1, -0.05) is 54.6 Å². The number of aromatic nitrogens is 1. The van der Waals surface area contributed by atoms with Gasteiger partial charge >= 0.3 is 0 Å². The Balaban J connectivity index is 1.61. The van der Waals surface area contributed by atoms with Gasteiger partial charge in [0.1, 0.15) is 0 Å². The van der Waals surface area contributed by atoms with E-state index in [1.54, 1.807) is 13.3 Å². The molecule has 0 radical (unpaired) electrons. The molecule has 0 unspecified atom stereocenters. The van der Waals surface area contributed by atoms with Gasteiger partial charge in [0.05, 0.1) is 18.5 Å². The number of nitrogens with one attached hydrogen (secondary N) is 1. The van der Waals surface area contributed by atoms with E-state index in [0.717, 1.165) is 27.5 Å². The molecule has 0 atom stereocenters. The first-order valence-electron chi connectivity index (χ1n) is 7.23. The minimum absolute atomic E-state index is 0.622. The van der Waals surface area contributed by atoms with Crippen LogP contribution in [0.25, 0.3) is 11.3 Å². The Bertz CT molecular complexity index is 766. The van der Waals surface area contributed by atoms with Crippen molar-refractivity contribution < 1.29 is 4.74 Å². The number of hydrazone groups is 1. The number of anilines is 1. The lowest BCUT2D eigenvalue weighted by Gasteiger charge is -1.99. The molecule has 3 aromatic rings. The van der Waals surface area contributed by atoms with Crippen LogP contribution < -0.4 is 5.43 Å². The summed E-state index contributed by atoms with van der Waals surface area (Å²) < 4.78 is 5.09. The van der Waals surface area contributed by atoms with Crippen LogP contribution in [0, 0.1) is 0 Å². The number of hydrogen-bond donors (Lipinski definition) is 1. The van der Waals surface area contributed by atoms with Gasteiger partial charge in [0.15, 0.2) is 0 Å². The van der Waals surface area contributed by atoms with Crippen molar-refractivity contribution in [3.8, 4) is 11.3 Å². The number of ether oxygens (including phenoxy) is 1. The van der Waals surface area contributed by atoms with E-state index in [0.29, 0.717) is 6.61 Å². The van der Waals surface area contributed by atoms with Crippen molar-refractivity contribution in [1.82, 2.24) is 4.98 Å². The van der Waals surface area contributed by atoms with E-state index >= 15 is 0 Å². The lowest BCUT2D eigenvalue weighted by atomic mass is 10.1. The molecule has 23 heavy (non-hydrogen) atoms. The Morgan fingerprint density at radius 2 is 1.91 bits per heavy atom. The number of thiazole rings is 1. The molecule has 5 heteroatoms. The summed E-state index contributed by atoms with van der Waals surface area (Å²) in [6.45, 7) is 0.622. The van der Waals surface area contributed by atoms with E-state index in [-0.39, 0.29) is 0 Å². The summed E-state index contributed by atoms with van der Waals surface area (Å²) >= 11 is 1.54. The molecule has 3 rings (SSSR count). The quantitative estimate of drug-likeness (QED) is 0.540. The fourth-order valence-corrected chi connectivity index (χ4v) is 2.76. The highest BCUT2D eigenvalue weighted by molar-refractivity contribution is 7.14. The van der Waals surface area contributed by atoms with E-state index in [1.807, 2.05) is 60.0 Å². The number of benzene rings is 2. The molecule has 0 saturated carbocycles. The lowest BCUT2D eigenvalue weighted by molar-refractivity contribution is 0.185. The van der Waals surface area contributed by atoms with Crippen LogP contribution in [0.1, 0.15) is 11.1 Å². The topological polar surface area (TPSA) is 46.5 Å². The van der Waals surface area contributed by atoms with Crippen LogP contribution in [0.5, 0.6) is 0 Å². The summed E-state index contributed by atoms with van der Waals surface area (Å²) in [6.07, 6.45) is 1.78. The van der Waals surface area contributed by atoms with Gasteiger partial charge in [-0.15, -0.1) is 11.3 Å². The van der Waals surface area contributed by atoms with Crippen molar-refractivity contribution in [2.24, 2.45) is 5.10 Å². The van der Waals surface area contributed by atoms with Crippen molar-refractivity contribution >= 4 is 22.7 Å². The van der Waals surface area contributed by atoms with Gasteiger partial charge < -0.3 is 4.74 Å². The number of rotatable bonds is 6. The van der Waals surface area contributed by atoms with Gasteiger partial charge in [-0.3, -0.25) is 5.43 Å². The molecule has 0 aliphatic rings. The Morgan fingerprint density at radius 3 is 2.65 bits per heavy atom. The average Bonchev–Trinajstić information content (AvgIpc) is 3.06. The first-order chi connectivity index (χ1) is 11.3. The van der Waals surface area contributed by atoms with Gasteiger partial charge in [0, 0.05) is 18.1 Å². The van der Waals surface area contributed by atoms with Gasteiger partial charge in [-0.05, 0) is 11.1 Å². The molecule has 1 N–H and O–H groups in total. The Kier molecular flexibility index (Phi) is 5.13. The van der Waals surface area contributed by atoms with E-state index in [1.165, 1.54) is 11.3 Å². The summed E-state index contributed by atoms with van der Waals surface area (Å²) in [6, 6.07) is 18.2. The second kappa shape index (κ2) is 7.67. The molecule has 0 aliphatic heterocycles. The number of methoxy groups -OCH3 is 1. The van der Waals surface area contributed by atoms with Crippen LogP contribution in [0.15, 0.2) is 65.1 Å². The lowest BCUT2D eigenvalue weighted by Crippen LogP contribution is -1.91. The predicted molar refractivity (Wildman–Crippen MR) is 95.9 cm³/mol. The molecular formula is C18H17N3OS. The first-order valence-corrected chi connectivity index (χ1v) is 8.11. The summed E-state index contributed by atoms with van der Waals surface area (Å²) in [5.41, 5.74) is 7.21. The smallest absolute Gasteiger partial charge is 0.203 e. The SMILES string of the molecule is COCc1ccc(C=NNc2nc(-c3ccccc3)cs2)cc1. The van der Waals surface area contributed by atoms with E-state index in [2.05, 4.69) is 15.5 Å². The third-order valence-corrected chi connectivity index (χ3v) is 3.99. The van der Waals surface area contributed by atoms with E-state index in [9.17, 15) is 0 Å². The van der Waals surface area contributed by atoms with E-state index < -0.39 is 0 Å². The van der Waals surface area contributed by atoms with Crippen LogP contribution in [0.4, 0.5) is 5.13 Å². The molecular weight excluding hydrogens is 306 g/mol. The third-order valence-electron chi connectivity index (χ3n) is 3.24. The maximum Gasteiger partial charge on any atom is 0.203 e. The number of hydrogen-bond acceptors (Lipinski definition) is 5. The zero-order valence-electron chi connectivity index (χ0n) is 12.8. The fraction of sp³-hybridized carbons (Fsp3) is 0.111. The molecule has 1 aromatic heterocycles. The van der Waals surface area contributed by atoms with Gasteiger partial charge in [-0.2, -0.15) is 5.10 Å². The van der Waals surface area contributed by atoms with Crippen LogP contribution >= 0.6 is 11.3 Å². The molecule has 0 aliphatic carbocycles. The van der Waals surface area contributed by atoms with Gasteiger partial charge in [0.25, 0.3) is 0 Å². The minimum atomic E-state index is 0.622. The Labute approximate surface area is 139 Å². The molecule has 1 heterocycles. The van der Waals surface area contributed by atoms with Crippen molar-refractivity contribution in [2.45, 2.75) is 6.61 Å². The van der Waals surface area contributed by atoms with Crippen molar-refractivity contribution in [3.63, 3.8) is 0 Å². The molecule has 0 spiro atoms. The largest absolute Gasteiger partial charge is 0.380 e. The third kappa shape index (κ3) is 4.25. The summed E-state index contributed by atoms with van der Waals surface area (Å²) in [5, 5.41) is 7.03. The molecule has 116 valence electrons. The summed E-state index contributed by atoms with van der Waals surface area (Å²) in [7, 11) is 1.69. The highest BCUT2D eigenvalue weighted by Crippen LogP contribution is 2.24. The zero-order chi connectivity index (χ0) is 15.9. The van der Waals surface area contributed by atoms with E-state index in [4.69, 9.17) is 4.74 Å². The van der Waals surface area contributed by atoms with Gasteiger partial charge in [0.2, 0.25) is 5.13 Å². The molecule has 0 saturated heterocycles. The Hall–Kier alpha value is -2.50. The molecule has 4 nitrogen and oxygen atoms in total. The van der Waals surface area contributed by atoms with Crippen molar-refractivity contribution in [1.29, 1.82) is 0 Å². The van der Waals surface area contributed by atoms with Crippen LogP contribution in [0.2, 0.25) is 0 Å². The second-order valence-corrected chi connectivity index (χ2v) is 5.81. The minimum Gasteiger partial charge on any atom is -0.380 e. The van der Waals surface area contributed by atoms with Crippen molar-refractivity contribution in [3.05, 3.63) is 71.1 Å². The highest BCUT2D eigenvalue weighted by atomic mass is 32.1. The summed E-state index contributed by atoms with van der Waals surface area (Å²) in [4.78, 5) is 4.53. The standard InChI is InChI=1S/C18H17N3OS/c1-22-12-15-9-7-14(8-10-15)11-19-21-18-20-17(13-23-18)16-5-3-2-4-6-16/h2-11,13H,12H2,1H3,(H,20,21). The molecule has 0 fully saturated rings. The summed E-state index contributed by atoms with van der Waals surface area (Å²) in [5.74, 6) is 0. The van der Waals surface area contributed by atoms with Crippen LogP contribution in [-0.4, -0.2) is 18.3 Å². The maximum atomic E-state index is 5.09. The zero-order valence-corrected chi connectivity index (χ0v) is 13.6. The monoisotopic (exact) mass is 323 g/mol. The van der Waals surface area contributed by atoms with Crippen molar-refractivity contribution in [2.75, 3.05) is 12.5 Å². The highest BCUT2D eigenvalue weighted by Gasteiger charge is 2.02. The number of nitrogens with zero attached hydrogens (tertiary/aromatic N) is 2. The second-order valence-electron chi connectivity index (χ2n) is 4.95. The Morgan fingerprint density at radius 1 is 1.13 bits per heavy atom. The fourth-order valence-electron chi connectivity index (χ4n) is 2.10. The maximum absolute atomic E-state index is 5.09. The van der Waals surface area contributed by atoms with Crippen LogP contribution in [-0.2, 0) is 11.3 Å². The normalized spacial score (nSPS) is 11.0. The predicted octanol–water partition coefficient (Wildman–Crippen LogP) is 4.40. The first kappa shape index (κ1) is 15.4. The molecule has 2 aromatic carbocycles. The molecule has 0 amide bonds. The average molecular weight is 323 g/mol. The van der Waals surface area contributed by atoms with Crippen LogP contribution in [0.3, 0.4) is 0 Å². The van der Waals surface area contributed by atoms with Gasteiger partial charge in [-0.25, -0.2) is 4.98 Å².